The summed E-state index contributed by atoms with van der Waals surface area (Å²) < 4.78 is 9.12. The Morgan fingerprint density at radius 1 is 1.06 bits per heavy atom. The fraction of sp³-hybridized carbons (Fsp3) is 0.250. The molecule has 2 aliphatic carbocycles. The van der Waals surface area contributed by atoms with Crippen LogP contribution in [0.4, 0.5) is 0 Å². The molecule has 1 fully saturated rings. The van der Waals surface area contributed by atoms with Crippen molar-refractivity contribution in [3.05, 3.63) is 71.6 Å². The van der Waals surface area contributed by atoms with E-state index in [4.69, 9.17) is 26.2 Å². The van der Waals surface area contributed by atoms with Gasteiger partial charge in [-0.1, -0.05) is 40.7 Å². The zero-order valence-electron chi connectivity index (χ0n) is 18.0. The molecule has 3 aromatic heterocycles. The largest absolute Gasteiger partial charge is 0.342 e. The fourth-order valence-corrected chi connectivity index (χ4v) is 5.10. The van der Waals surface area contributed by atoms with Crippen molar-refractivity contribution in [1.82, 2.24) is 29.5 Å². The molecule has 166 valence electrons. The first-order valence-electron chi connectivity index (χ1n) is 10.9. The molecule has 0 amide bonds. The van der Waals surface area contributed by atoms with Crippen molar-refractivity contribution in [3.63, 3.8) is 0 Å². The summed E-state index contributed by atoms with van der Waals surface area (Å²) in [6.07, 6.45) is 11.7. The Morgan fingerprint density at radius 2 is 1.85 bits per heavy atom. The van der Waals surface area contributed by atoms with E-state index in [1.54, 1.807) is 11.8 Å². The van der Waals surface area contributed by atoms with Gasteiger partial charge in [-0.15, -0.1) is 0 Å². The van der Waals surface area contributed by atoms with Crippen LogP contribution >= 0.6 is 23.4 Å². The van der Waals surface area contributed by atoms with Gasteiger partial charge in [0.15, 0.2) is 11.6 Å². The van der Waals surface area contributed by atoms with Gasteiger partial charge in [0.1, 0.15) is 10.7 Å². The summed E-state index contributed by atoms with van der Waals surface area (Å²) in [5.74, 6) is 1.52. The smallest absolute Gasteiger partial charge is 0.214 e. The number of halogens is 1. The van der Waals surface area contributed by atoms with E-state index in [0.29, 0.717) is 11.9 Å². The highest BCUT2D eigenvalue weighted by Crippen LogP contribution is 2.40. The van der Waals surface area contributed by atoms with Gasteiger partial charge in [0.25, 0.3) is 0 Å². The van der Waals surface area contributed by atoms with E-state index in [1.165, 1.54) is 24.8 Å². The normalized spacial score (nSPS) is 16.1. The number of aromatic nitrogens is 6. The van der Waals surface area contributed by atoms with Crippen LogP contribution in [0.2, 0.25) is 5.02 Å². The molecule has 0 aliphatic heterocycles. The molecule has 0 radical (unpaired) electrons. The van der Waals surface area contributed by atoms with E-state index in [2.05, 4.69) is 50.9 Å². The van der Waals surface area contributed by atoms with Gasteiger partial charge in [-0.2, -0.15) is 10.1 Å². The number of nitrogens with zero attached hydrogens (tertiary/aromatic N) is 6. The molecule has 0 N–H and O–H groups in total. The predicted molar refractivity (Wildman–Crippen MR) is 128 cm³/mol. The molecule has 2 aliphatic rings. The van der Waals surface area contributed by atoms with Gasteiger partial charge < -0.3 is 9.09 Å². The van der Waals surface area contributed by atoms with Gasteiger partial charge in [-0.3, -0.25) is 4.68 Å². The van der Waals surface area contributed by atoms with Crippen molar-refractivity contribution >= 4 is 34.5 Å². The zero-order chi connectivity index (χ0) is 22.4. The average molecular weight is 477 g/mol. The third kappa shape index (κ3) is 4.05. The first-order valence-corrected chi connectivity index (χ1v) is 12.1. The second-order valence-corrected chi connectivity index (χ2v) is 9.75. The quantitative estimate of drug-likeness (QED) is 0.336. The van der Waals surface area contributed by atoms with Crippen LogP contribution in [0, 0.1) is 0 Å². The molecule has 1 saturated carbocycles. The van der Waals surface area contributed by atoms with Crippen molar-refractivity contribution in [2.45, 2.75) is 41.6 Å². The minimum Gasteiger partial charge on any atom is -0.342 e. The summed E-state index contributed by atoms with van der Waals surface area (Å²) in [6, 6.07) is 10.5. The Labute approximate surface area is 200 Å². The van der Waals surface area contributed by atoms with E-state index in [9.17, 15) is 0 Å². The average Bonchev–Trinajstić information content (AvgIpc) is 3.22. The lowest BCUT2D eigenvalue weighted by molar-refractivity contribution is 0.415. The monoisotopic (exact) mass is 476 g/mol. The minimum absolute atomic E-state index is 0.538. The maximum atomic E-state index is 6.10. The first kappa shape index (κ1) is 20.5. The Balaban J connectivity index is 1.41. The van der Waals surface area contributed by atoms with Gasteiger partial charge in [-0.05, 0) is 61.6 Å². The Kier molecular flexibility index (Phi) is 5.19. The van der Waals surface area contributed by atoms with Crippen molar-refractivity contribution in [3.8, 4) is 11.5 Å². The second kappa shape index (κ2) is 8.35. The van der Waals surface area contributed by atoms with Crippen molar-refractivity contribution in [2.75, 3.05) is 0 Å². The molecule has 3 heterocycles. The Morgan fingerprint density at radius 3 is 2.55 bits per heavy atom. The molecular weight excluding hydrogens is 456 g/mol. The van der Waals surface area contributed by atoms with Gasteiger partial charge >= 0.3 is 0 Å². The SMILES string of the molecule is Cn1c(-c2ccn(C3CC3)n2)nc(C2=CC=C(c3ncon3)CC2)c1Sc1ccc(Cl)cc1. The summed E-state index contributed by atoms with van der Waals surface area (Å²) in [7, 11) is 2.06. The Hall–Kier alpha value is -3.10. The van der Waals surface area contributed by atoms with Crippen LogP contribution in [0.3, 0.4) is 0 Å². The topological polar surface area (TPSA) is 74.6 Å². The fourth-order valence-electron chi connectivity index (χ4n) is 3.99. The molecule has 9 heteroatoms. The summed E-state index contributed by atoms with van der Waals surface area (Å²) in [4.78, 5) is 10.4. The maximum Gasteiger partial charge on any atom is 0.214 e. The van der Waals surface area contributed by atoms with Crippen LogP contribution in [-0.2, 0) is 7.05 Å². The highest BCUT2D eigenvalue weighted by molar-refractivity contribution is 7.99. The lowest BCUT2D eigenvalue weighted by atomic mass is 9.96. The molecule has 4 aromatic rings. The summed E-state index contributed by atoms with van der Waals surface area (Å²) in [5.41, 5.74) is 4.13. The van der Waals surface area contributed by atoms with Gasteiger partial charge in [0, 0.05) is 28.7 Å². The molecule has 0 bridgehead atoms. The van der Waals surface area contributed by atoms with Gasteiger partial charge in [0.2, 0.25) is 6.39 Å². The van der Waals surface area contributed by atoms with Crippen molar-refractivity contribution < 1.29 is 4.52 Å². The number of allylic oxidation sites excluding steroid dienone is 4. The molecule has 33 heavy (non-hydrogen) atoms. The highest BCUT2D eigenvalue weighted by Gasteiger charge is 2.27. The van der Waals surface area contributed by atoms with E-state index in [-0.39, 0.29) is 0 Å². The van der Waals surface area contributed by atoms with Crippen LogP contribution in [0.25, 0.3) is 22.7 Å². The third-order valence-electron chi connectivity index (χ3n) is 5.93. The minimum atomic E-state index is 0.538. The van der Waals surface area contributed by atoms with Crippen molar-refractivity contribution in [2.24, 2.45) is 7.05 Å². The lowest BCUT2D eigenvalue weighted by Crippen LogP contribution is -1.98. The maximum absolute atomic E-state index is 6.10. The summed E-state index contributed by atoms with van der Waals surface area (Å²) in [6.45, 7) is 0. The molecule has 0 saturated heterocycles. The first-order chi connectivity index (χ1) is 16.2. The van der Waals surface area contributed by atoms with E-state index in [0.717, 1.165) is 50.6 Å². The van der Waals surface area contributed by atoms with Crippen LogP contribution in [0.1, 0.15) is 43.2 Å². The third-order valence-corrected chi connectivity index (χ3v) is 7.35. The van der Waals surface area contributed by atoms with E-state index >= 15 is 0 Å². The number of rotatable bonds is 6. The number of imidazole rings is 1. The molecular formula is C24H21ClN6OS. The van der Waals surface area contributed by atoms with Gasteiger partial charge in [0.05, 0.1) is 11.7 Å². The van der Waals surface area contributed by atoms with E-state index < -0.39 is 0 Å². The Bertz CT molecular complexity index is 1360. The van der Waals surface area contributed by atoms with Crippen LogP contribution in [0.5, 0.6) is 0 Å². The molecule has 0 unspecified atom stereocenters. The number of hydrogen-bond donors (Lipinski definition) is 0. The lowest BCUT2D eigenvalue weighted by Gasteiger charge is -2.13. The van der Waals surface area contributed by atoms with Crippen LogP contribution in [0.15, 0.2) is 69.5 Å². The molecule has 6 rings (SSSR count). The predicted octanol–water partition coefficient (Wildman–Crippen LogP) is 6.07. The standard InChI is InChI=1S/C24H21ClN6OS/c1-30-23(20-12-13-31(28-20)18-8-9-18)27-21(24(30)33-19-10-6-17(25)7-11-19)15-2-4-16(5-3-15)22-26-14-32-29-22/h2,4,6-7,10-14,18H,3,5,8-9H2,1H3. The highest BCUT2D eigenvalue weighted by atomic mass is 35.5. The molecule has 0 atom stereocenters. The van der Waals surface area contributed by atoms with Crippen LogP contribution < -0.4 is 0 Å². The summed E-state index contributed by atoms with van der Waals surface area (Å²) >= 11 is 7.79. The van der Waals surface area contributed by atoms with Gasteiger partial charge in [-0.25, -0.2) is 4.98 Å². The number of benzene rings is 1. The van der Waals surface area contributed by atoms with E-state index in [1.807, 2.05) is 24.3 Å². The second-order valence-electron chi connectivity index (χ2n) is 8.25. The van der Waals surface area contributed by atoms with Crippen LogP contribution in [-0.4, -0.2) is 29.5 Å². The summed E-state index contributed by atoms with van der Waals surface area (Å²) in [5, 5.41) is 10.6. The number of hydrogen-bond acceptors (Lipinski definition) is 6. The molecule has 0 spiro atoms. The molecule has 7 nitrogen and oxygen atoms in total. The zero-order valence-corrected chi connectivity index (χ0v) is 19.6. The molecule has 1 aromatic carbocycles. The van der Waals surface area contributed by atoms with Crippen molar-refractivity contribution in [1.29, 1.82) is 0 Å².